The molecule has 1 saturated heterocycles. The molecule has 0 aromatic carbocycles. The van der Waals surface area contributed by atoms with E-state index in [4.69, 9.17) is 5.11 Å². The molecule has 0 saturated carbocycles. The molecule has 1 fully saturated rings. The lowest BCUT2D eigenvalue weighted by atomic mass is 10.2. The zero-order chi connectivity index (χ0) is 11.4. The van der Waals surface area contributed by atoms with Gasteiger partial charge in [0.05, 0.1) is 6.04 Å². The number of rotatable bonds is 4. The Kier molecular flexibility index (Phi) is 4.41. The quantitative estimate of drug-likeness (QED) is 0.576. The lowest BCUT2D eigenvalue weighted by Crippen LogP contribution is -2.50. The molecule has 1 heterocycles. The highest BCUT2D eigenvalue weighted by atomic mass is 32.1. The van der Waals surface area contributed by atoms with Gasteiger partial charge >= 0.3 is 5.97 Å². The minimum atomic E-state index is -0.921. The molecule has 1 aliphatic rings. The number of amides is 1. The molecule has 5 nitrogen and oxygen atoms in total. The first-order chi connectivity index (χ1) is 7.11. The number of thiol groups is 1. The third-order valence-corrected chi connectivity index (χ3v) is 3.02. The standard InChI is InChI=1S/C9H16N2O3S/c1-10-6(5-15)8(12)11-4-2-3-7(11)9(13)14/h6-7,10,15H,2-5H2,1H3,(H,13,14)/t6-,7-/m0/s1. The number of likely N-dealkylation sites (tertiary alicyclic amines) is 1. The van der Waals surface area contributed by atoms with E-state index in [0.717, 1.165) is 6.42 Å². The van der Waals surface area contributed by atoms with Crippen molar-refractivity contribution in [1.29, 1.82) is 0 Å². The predicted molar refractivity (Wildman–Crippen MR) is 59.1 cm³/mol. The van der Waals surface area contributed by atoms with Gasteiger partial charge in [-0.15, -0.1) is 0 Å². The van der Waals surface area contributed by atoms with Gasteiger partial charge in [-0.05, 0) is 19.9 Å². The van der Waals surface area contributed by atoms with E-state index in [-0.39, 0.29) is 5.91 Å². The van der Waals surface area contributed by atoms with Gasteiger partial charge < -0.3 is 15.3 Å². The molecule has 0 bridgehead atoms. The van der Waals surface area contributed by atoms with Gasteiger partial charge in [0.1, 0.15) is 6.04 Å². The number of aliphatic carboxylic acids is 1. The molecule has 0 aromatic heterocycles. The number of carboxylic acids is 1. The number of carbonyl (C=O) groups excluding carboxylic acids is 1. The first-order valence-electron chi connectivity index (χ1n) is 4.93. The van der Waals surface area contributed by atoms with Crippen molar-refractivity contribution in [2.75, 3.05) is 19.3 Å². The van der Waals surface area contributed by atoms with E-state index in [0.29, 0.717) is 18.7 Å². The fraction of sp³-hybridized carbons (Fsp3) is 0.778. The topological polar surface area (TPSA) is 69.6 Å². The average Bonchev–Trinajstić information content (AvgIpc) is 2.67. The normalized spacial score (nSPS) is 22.8. The summed E-state index contributed by atoms with van der Waals surface area (Å²) >= 11 is 4.05. The Balaban J connectivity index is 2.69. The number of hydrogen-bond donors (Lipinski definition) is 3. The highest BCUT2D eigenvalue weighted by Gasteiger charge is 2.36. The molecule has 86 valence electrons. The van der Waals surface area contributed by atoms with Gasteiger partial charge in [0.2, 0.25) is 5.91 Å². The molecule has 1 rings (SSSR count). The number of nitrogens with one attached hydrogen (secondary N) is 1. The van der Waals surface area contributed by atoms with Gasteiger partial charge in [0, 0.05) is 12.3 Å². The summed E-state index contributed by atoms with van der Waals surface area (Å²) in [6, 6.07) is -1.05. The van der Waals surface area contributed by atoms with E-state index in [9.17, 15) is 9.59 Å². The van der Waals surface area contributed by atoms with Gasteiger partial charge in [0.25, 0.3) is 0 Å². The third-order valence-electron chi connectivity index (χ3n) is 2.65. The first-order valence-corrected chi connectivity index (χ1v) is 5.56. The molecule has 0 unspecified atom stereocenters. The Bertz CT molecular complexity index is 256. The fourth-order valence-electron chi connectivity index (χ4n) is 1.78. The van der Waals surface area contributed by atoms with Crippen molar-refractivity contribution in [1.82, 2.24) is 10.2 Å². The zero-order valence-electron chi connectivity index (χ0n) is 8.64. The summed E-state index contributed by atoms with van der Waals surface area (Å²) in [6.45, 7) is 0.530. The van der Waals surface area contributed by atoms with Crippen LogP contribution in [-0.4, -0.2) is 53.3 Å². The fourth-order valence-corrected chi connectivity index (χ4v) is 2.12. The zero-order valence-corrected chi connectivity index (χ0v) is 9.54. The maximum atomic E-state index is 11.9. The van der Waals surface area contributed by atoms with Crippen LogP contribution in [0.15, 0.2) is 0 Å². The highest BCUT2D eigenvalue weighted by molar-refractivity contribution is 7.80. The Labute approximate surface area is 94.2 Å². The molecule has 2 atom stereocenters. The molecular weight excluding hydrogens is 216 g/mol. The van der Waals surface area contributed by atoms with Gasteiger partial charge in [0.15, 0.2) is 0 Å². The summed E-state index contributed by atoms with van der Waals surface area (Å²) in [5.74, 6) is -0.717. The molecule has 1 aliphatic heterocycles. The number of carbonyl (C=O) groups is 2. The van der Waals surface area contributed by atoms with Crippen LogP contribution in [0.2, 0.25) is 0 Å². The van der Waals surface area contributed by atoms with Crippen molar-refractivity contribution in [3.63, 3.8) is 0 Å². The number of carboxylic acid groups (broad SMARTS) is 1. The largest absolute Gasteiger partial charge is 0.480 e. The Hall–Kier alpha value is -0.750. The van der Waals surface area contributed by atoms with Gasteiger partial charge in [-0.2, -0.15) is 12.6 Å². The summed E-state index contributed by atoms with van der Waals surface area (Å²) < 4.78 is 0. The monoisotopic (exact) mass is 232 g/mol. The molecular formula is C9H16N2O3S. The molecule has 2 N–H and O–H groups in total. The summed E-state index contributed by atoms with van der Waals surface area (Å²) in [7, 11) is 1.67. The lowest BCUT2D eigenvalue weighted by Gasteiger charge is -2.25. The van der Waals surface area contributed by atoms with Crippen LogP contribution in [0, 0.1) is 0 Å². The molecule has 15 heavy (non-hydrogen) atoms. The molecule has 0 spiro atoms. The SMILES string of the molecule is CN[C@@H](CS)C(=O)N1CCC[C@H]1C(=O)O. The van der Waals surface area contributed by atoms with Crippen LogP contribution in [0.3, 0.4) is 0 Å². The minimum absolute atomic E-state index is 0.169. The van der Waals surface area contributed by atoms with E-state index in [1.807, 2.05) is 0 Å². The van der Waals surface area contributed by atoms with Crippen molar-refractivity contribution in [3.8, 4) is 0 Å². The summed E-state index contributed by atoms with van der Waals surface area (Å²) in [5.41, 5.74) is 0. The van der Waals surface area contributed by atoms with Crippen molar-refractivity contribution in [2.45, 2.75) is 24.9 Å². The van der Waals surface area contributed by atoms with Crippen LogP contribution in [-0.2, 0) is 9.59 Å². The van der Waals surface area contributed by atoms with Gasteiger partial charge in [-0.1, -0.05) is 0 Å². The molecule has 0 aromatic rings. The summed E-state index contributed by atoms with van der Waals surface area (Å²) in [5, 5.41) is 11.8. The molecule has 1 amide bonds. The van der Waals surface area contributed by atoms with E-state index >= 15 is 0 Å². The van der Waals surface area contributed by atoms with E-state index in [1.54, 1.807) is 7.05 Å². The Morgan fingerprint density at radius 3 is 2.80 bits per heavy atom. The van der Waals surface area contributed by atoms with Crippen molar-refractivity contribution >= 4 is 24.5 Å². The van der Waals surface area contributed by atoms with E-state index < -0.39 is 18.1 Å². The third kappa shape index (κ3) is 2.63. The lowest BCUT2D eigenvalue weighted by molar-refractivity contribution is -0.148. The Morgan fingerprint density at radius 2 is 2.33 bits per heavy atom. The maximum absolute atomic E-state index is 11.9. The maximum Gasteiger partial charge on any atom is 0.326 e. The molecule has 6 heteroatoms. The van der Waals surface area contributed by atoms with Crippen LogP contribution in [0.4, 0.5) is 0 Å². The number of likely N-dealkylation sites (N-methyl/N-ethyl adjacent to an activating group) is 1. The smallest absolute Gasteiger partial charge is 0.326 e. The second-order valence-corrected chi connectivity index (χ2v) is 3.92. The first kappa shape index (κ1) is 12.3. The molecule has 0 radical (unpaired) electrons. The highest BCUT2D eigenvalue weighted by Crippen LogP contribution is 2.18. The Morgan fingerprint density at radius 1 is 1.67 bits per heavy atom. The minimum Gasteiger partial charge on any atom is -0.480 e. The second-order valence-electron chi connectivity index (χ2n) is 3.55. The summed E-state index contributed by atoms with van der Waals surface area (Å²) in [6.07, 6.45) is 1.30. The molecule has 0 aliphatic carbocycles. The number of nitrogens with zero attached hydrogens (tertiary/aromatic N) is 1. The summed E-state index contributed by atoms with van der Waals surface area (Å²) in [4.78, 5) is 24.2. The van der Waals surface area contributed by atoms with Crippen LogP contribution >= 0.6 is 12.6 Å². The van der Waals surface area contributed by atoms with E-state index in [2.05, 4.69) is 17.9 Å². The average molecular weight is 232 g/mol. The number of hydrogen-bond acceptors (Lipinski definition) is 4. The second kappa shape index (κ2) is 5.37. The van der Waals surface area contributed by atoms with Crippen molar-refractivity contribution < 1.29 is 14.7 Å². The van der Waals surface area contributed by atoms with Crippen LogP contribution in [0.5, 0.6) is 0 Å². The van der Waals surface area contributed by atoms with Crippen molar-refractivity contribution in [2.24, 2.45) is 0 Å². The van der Waals surface area contributed by atoms with Crippen LogP contribution in [0.25, 0.3) is 0 Å². The van der Waals surface area contributed by atoms with Crippen molar-refractivity contribution in [3.05, 3.63) is 0 Å². The van der Waals surface area contributed by atoms with E-state index in [1.165, 1.54) is 4.90 Å². The van der Waals surface area contributed by atoms with Gasteiger partial charge in [-0.3, -0.25) is 4.79 Å². The van der Waals surface area contributed by atoms with Crippen LogP contribution in [0.1, 0.15) is 12.8 Å². The predicted octanol–water partition coefficient (Wildman–Crippen LogP) is -0.420. The van der Waals surface area contributed by atoms with Gasteiger partial charge in [-0.25, -0.2) is 4.79 Å². The van der Waals surface area contributed by atoms with Crippen LogP contribution < -0.4 is 5.32 Å².